The van der Waals surface area contributed by atoms with Crippen molar-refractivity contribution in [2.75, 3.05) is 5.32 Å². The standard InChI is InChI=1S/C17H15FN2O4S2/c1-10(2)16(21)20-17-19-13-8-7-11(9-14(13)25-17)24-26(22,23)15-6-4-3-5-12(15)18/h3-10H,1-2H3,(H,19,20,21). The van der Waals surface area contributed by atoms with Crippen molar-refractivity contribution in [3.05, 3.63) is 48.3 Å². The monoisotopic (exact) mass is 394 g/mol. The number of hydrogen-bond donors (Lipinski definition) is 1. The van der Waals surface area contributed by atoms with Crippen molar-refractivity contribution in [3.8, 4) is 5.75 Å². The van der Waals surface area contributed by atoms with E-state index in [1.165, 1.54) is 35.6 Å². The Balaban J connectivity index is 1.87. The van der Waals surface area contributed by atoms with Crippen LogP contribution >= 0.6 is 11.3 Å². The highest BCUT2D eigenvalue weighted by Gasteiger charge is 2.21. The molecule has 9 heteroatoms. The number of carbonyl (C=O) groups excluding carboxylic acids is 1. The Bertz CT molecular complexity index is 1080. The van der Waals surface area contributed by atoms with Gasteiger partial charge in [-0.25, -0.2) is 9.37 Å². The molecule has 136 valence electrons. The quantitative estimate of drug-likeness (QED) is 0.666. The molecule has 2 aromatic carbocycles. The molecule has 6 nitrogen and oxygen atoms in total. The second-order valence-electron chi connectivity index (χ2n) is 5.76. The summed E-state index contributed by atoms with van der Waals surface area (Å²) in [5, 5.41) is 3.10. The van der Waals surface area contributed by atoms with Gasteiger partial charge < -0.3 is 9.50 Å². The minimum absolute atomic E-state index is 0.0335. The summed E-state index contributed by atoms with van der Waals surface area (Å²) in [7, 11) is -4.30. The lowest BCUT2D eigenvalue weighted by molar-refractivity contribution is -0.118. The Morgan fingerprint density at radius 2 is 1.96 bits per heavy atom. The van der Waals surface area contributed by atoms with Gasteiger partial charge in [0, 0.05) is 12.0 Å². The molecule has 0 radical (unpaired) electrons. The largest absolute Gasteiger partial charge is 0.379 e. The topological polar surface area (TPSA) is 85.4 Å². The van der Waals surface area contributed by atoms with Gasteiger partial charge in [-0.05, 0) is 24.3 Å². The van der Waals surface area contributed by atoms with E-state index in [9.17, 15) is 17.6 Å². The van der Waals surface area contributed by atoms with E-state index in [2.05, 4.69) is 10.3 Å². The lowest BCUT2D eigenvalue weighted by Gasteiger charge is -2.07. The van der Waals surface area contributed by atoms with Crippen molar-refractivity contribution >= 4 is 42.7 Å². The first-order valence-electron chi connectivity index (χ1n) is 7.67. The van der Waals surface area contributed by atoms with E-state index in [-0.39, 0.29) is 17.6 Å². The van der Waals surface area contributed by atoms with Gasteiger partial charge in [-0.3, -0.25) is 4.79 Å². The SMILES string of the molecule is CC(C)C(=O)Nc1nc2ccc(OS(=O)(=O)c3ccccc3F)cc2s1. The number of rotatable bonds is 5. The lowest BCUT2D eigenvalue weighted by atomic mass is 10.2. The van der Waals surface area contributed by atoms with Crippen LogP contribution in [0.3, 0.4) is 0 Å². The van der Waals surface area contributed by atoms with Gasteiger partial charge in [0.15, 0.2) is 5.13 Å². The van der Waals surface area contributed by atoms with Crippen molar-refractivity contribution in [2.24, 2.45) is 5.92 Å². The van der Waals surface area contributed by atoms with Crippen LogP contribution in [0.1, 0.15) is 13.8 Å². The molecule has 0 aliphatic rings. The van der Waals surface area contributed by atoms with Crippen LogP contribution in [0.4, 0.5) is 9.52 Å². The highest BCUT2D eigenvalue weighted by molar-refractivity contribution is 7.87. The summed E-state index contributed by atoms with van der Waals surface area (Å²) in [5.41, 5.74) is 0.588. The van der Waals surface area contributed by atoms with Gasteiger partial charge in [0.2, 0.25) is 5.91 Å². The number of thiazole rings is 1. The summed E-state index contributed by atoms with van der Waals surface area (Å²) in [5.74, 6) is -1.20. The first-order chi connectivity index (χ1) is 12.3. The fourth-order valence-electron chi connectivity index (χ4n) is 2.08. The van der Waals surface area contributed by atoms with Crippen LogP contribution < -0.4 is 9.50 Å². The van der Waals surface area contributed by atoms with Crippen LogP contribution in [0.5, 0.6) is 5.75 Å². The van der Waals surface area contributed by atoms with Gasteiger partial charge in [0.1, 0.15) is 16.5 Å². The number of aromatic nitrogens is 1. The normalized spacial score (nSPS) is 11.7. The summed E-state index contributed by atoms with van der Waals surface area (Å²) < 4.78 is 43.9. The second-order valence-corrected chi connectivity index (χ2v) is 8.31. The van der Waals surface area contributed by atoms with Gasteiger partial charge >= 0.3 is 10.1 Å². The van der Waals surface area contributed by atoms with E-state index >= 15 is 0 Å². The first kappa shape index (κ1) is 18.3. The number of nitrogens with one attached hydrogen (secondary N) is 1. The minimum Gasteiger partial charge on any atom is -0.379 e. The first-order valence-corrected chi connectivity index (χ1v) is 9.89. The Morgan fingerprint density at radius 1 is 1.23 bits per heavy atom. The summed E-state index contributed by atoms with van der Waals surface area (Å²) in [6.07, 6.45) is 0. The lowest BCUT2D eigenvalue weighted by Crippen LogP contribution is -2.17. The third-order valence-electron chi connectivity index (χ3n) is 3.43. The molecule has 0 bridgehead atoms. The molecule has 1 N–H and O–H groups in total. The molecule has 26 heavy (non-hydrogen) atoms. The van der Waals surface area contributed by atoms with Crippen LogP contribution in [0.15, 0.2) is 47.4 Å². The van der Waals surface area contributed by atoms with E-state index in [0.717, 1.165) is 12.1 Å². The Labute approximate surface area is 153 Å². The molecular weight excluding hydrogens is 379 g/mol. The van der Waals surface area contributed by atoms with Crippen molar-refractivity contribution in [2.45, 2.75) is 18.7 Å². The molecule has 0 aliphatic heterocycles. The zero-order valence-electron chi connectivity index (χ0n) is 13.9. The Kier molecular flexibility index (Phi) is 4.92. The zero-order valence-corrected chi connectivity index (χ0v) is 15.5. The Hall–Kier alpha value is -2.52. The van der Waals surface area contributed by atoms with Crippen LogP contribution in [0.25, 0.3) is 10.2 Å². The van der Waals surface area contributed by atoms with Gasteiger partial charge in [-0.15, -0.1) is 0 Å². The number of nitrogens with zero attached hydrogens (tertiary/aromatic N) is 1. The second kappa shape index (κ2) is 7.00. The number of carbonyl (C=O) groups is 1. The molecular formula is C17H15FN2O4S2. The molecule has 1 heterocycles. The number of fused-ring (bicyclic) bond motifs is 1. The van der Waals surface area contributed by atoms with Crippen molar-refractivity contribution in [1.82, 2.24) is 4.98 Å². The fraction of sp³-hybridized carbons (Fsp3) is 0.176. The summed E-state index contributed by atoms with van der Waals surface area (Å²) in [6.45, 7) is 3.53. The van der Waals surface area contributed by atoms with E-state index in [1.807, 2.05) is 0 Å². The van der Waals surface area contributed by atoms with Gasteiger partial charge in [0.05, 0.1) is 10.2 Å². The minimum atomic E-state index is -4.30. The van der Waals surface area contributed by atoms with Gasteiger partial charge in [-0.2, -0.15) is 8.42 Å². The van der Waals surface area contributed by atoms with Gasteiger partial charge in [-0.1, -0.05) is 37.3 Å². The molecule has 0 atom stereocenters. The van der Waals surface area contributed by atoms with Crippen LogP contribution in [-0.2, 0) is 14.9 Å². The van der Waals surface area contributed by atoms with E-state index in [0.29, 0.717) is 15.3 Å². The average Bonchev–Trinajstić information content (AvgIpc) is 2.96. The molecule has 1 aromatic heterocycles. The third kappa shape index (κ3) is 3.83. The summed E-state index contributed by atoms with van der Waals surface area (Å²) >= 11 is 1.19. The van der Waals surface area contributed by atoms with Crippen LogP contribution in [0.2, 0.25) is 0 Å². The molecule has 0 fully saturated rings. The number of anilines is 1. The smallest absolute Gasteiger partial charge is 0.342 e. The fourth-order valence-corrected chi connectivity index (χ4v) is 3.98. The maximum atomic E-state index is 13.7. The summed E-state index contributed by atoms with van der Waals surface area (Å²) in [4.78, 5) is 15.5. The maximum absolute atomic E-state index is 13.7. The third-order valence-corrected chi connectivity index (χ3v) is 5.64. The predicted octanol–water partition coefficient (Wildman–Crippen LogP) is 3.80. The highest BCUT2D eigenvalue weighted by atomic mass is 32.2. The van der Waals surface area contributed by atoms with Gasteiger partial charge in [0.25, 0.3) is 0 Å². The molecule has 3 rings (SSSR count). The molecule has 0 aliphatic carbocycles. The van der Waals surface area contributed by atoms with E-state index in [1.54, 1.807) is 19.9 Å². The average molecular weight is 394 g/mol. The molecule has 0 spiro atoms. The molecule has 1 amide bonds. The molecule has 0 unspecified atom stereocenters. The van der Waals surface area contributed by atoms with Crippen LogP contribution in [0, 0.1) is 11.7 Å². The van der Waals surface area contributed by atoms with Crippen LogP contribution in [-0.4, -0.2) is 19.3 Å². The Morgan fingerprint density at radius 3 is 2.65 bits per heavy atom. The number of halogens is 1. The molecule has 0 saturated carbocycles. The highest BCUT2D eigenvalue weighted by Crippen LogP contribution is 2.31. The molecule has 0 saturated heterocycles. The predicted molar refractivity (Wildman–Crippen MR) is 97.3 cm³/mol. The van der Waals surface area contributed by atoms with Crippen molar-refractivity contribution in [3.63, 3.8) is 0 Å². The summed E-state index contributed by atoms with van der Waals surface area (Å²) in [6, 6.07) is 9.47. The van der Waals surface area contributed by atoms with E-state index < -0.39 is 20.8 Å². The number of benzene rings is 2. The zero-order chi connectivity index (χ0) is 18.9. The molecule has 3 aromatic rings. The van der Waals surface area contributed by atoms with E-state index in [4.69, 9.17) is 4.18 Å². The maximum Gasteiger partial charge on any atom is 0.342 e. The number of hydrogen-bond acceptors (Lipinski definition) is 6. The van der Waals surface area contributed by atoms with Crippen molar-refractivity contribution < 1.29 is 21.8 Å². The van der Waals surface area contributed by atoms with Crippen molar-refractivity contribution in [1.29, 1.82) is 0 Å². The number of amides is 1.